The van der Waals surface area contributed by atoms with Crippen molar-refractivity contribution in [3.8, 4) is 0 Å². The molecule has 1 unspecified atom stereocenters. The predicted molar refractivity (Wildman–Crippen MR) is 174 cm³/mol. The van der Waals surface area contributed by atoms with Crippen LogP contribution in [-0.2, 0) is 21.9 Å². The molecule has 0 bridgehead atoms. The van der Waals surface area contributed by atoms with E-state index in [1.165, 1.54) is 11.8 Å². The highest BCUT2D eigenvalue weighted by atomic mass is 35.5. The third kappa shape index (κ3) is 7.16. The number of hydrogen-bond donors (Lipinski definition) is 0. The number of fused-ring (bicyclic) bond motifs is 3. The molecule has 5 rings (SSSR count). The number of rotatable bonds is 11. The third-order valence-electron chi connectivity index (χ3n) is 7.18. The van der Waals surface area contributed by atoms with Gasteiger partial charge in [0.15, 0.2) is 5.78 Å². The molecule has 0 aliphatic carbocycles. The summed E-state index contributed by atoms with van der Waals surface area (Å²) < 4.78 is 56.5. The molecule has 6 nitrogen and oxygen atoms in total. The van der Waals surface area contributed by atoms with Gasteiger partial charge in [0.2, 0.25) is 5.78 Å². The molecule has 0 saturated heterocycles. The largest absolute Gasteiger partial charge is 0.510 e. The Bertz CT molecular complexity index is 1970. The zero-order valence-corrected chi connectivity index (χ0v) is 26.4. The van der Waals surface area contributed by atoms with Crippen molar-refractivity contribution in [1.82, 2.24) is 4.57 Å². The molecule has 0 aliphatic heterocycles. The summed E-state index contributed by atoms with van der Waals surface area (Å²) in [4.78, 5) is 27.9. The molecule has 0 N–H and O–H groups in total. The van der Waals surface area contributed by atoms with Crippen molar-refractivity contribution < 1.29 is 31.3 Å². The summed E-state index contributed by atoms with van der Waals surface area (Å²) in [5.41, 5.74) is -1.74. The molecule has 232 valence electrons. The highest BCUT2D eigenvalue weighted by Gasteiger charge is 2.40. The SMILES string of the molecule is CCn1c2ccc(C(=O)/C(CCSc3ccc(Cl)cc3)=N/OS(=O)C(F)(F)F)cc2c2cc(C(=O)c3ccccc3C)ccc21. The molecule has 1 atom stereocenters. The Balaban J connectivity index is 1.51. The zero-order chi connectivity index (χ0) is 32.3. The molecule has 4 aromatic carbocycles. The first-order valence-corrected chi connectivity index (χ1v) is 16.2. The van der Waals surface area contributed by atoms with E-state index in [1.54, 1.807) is 66.7 Å². The quantitative estimate of drug-likeness (QED) is 0.0607. The van der Waals surface area contributed by atoms with Crippen LogP contribution in [0.4, 0.5) is 13.2 Å². The molecule has 0 amide bonds. The van der Waals surface area contributed by atoms with E-state index in [4.69, 9.17) is 11.6 Å². The standard InChI is InChI=1S/C33H26ClF3N2O4S2/c1-3-39-29-14-8-21(31(40)25-7-5-4-6-20(25)2)18-26(29)27-19-22(9-15-30(27)39)32(41)28(38-43-45(42)33(35,36)37)16-17-44-24-12-10-23(34)11-13-24/h4-15,18-19H,3,16-17H2,1-2H3/b38-28+. The van der Waals surface area contributed by atoms with Crippen molar-refractivity contribution in [2.45, 2.75) is 37.2 Å². The van der Waals surface area contributed by atoms with E-state index in [0.717, 1.165) is 26.9 Å². The molecule has 0 fully saturated rings. The summed E-state index contributed by atoms with van der Waals surface area (Å²) in [6.07, 6.45) is -0.0645. The van der Waals surface area contributed by atoms with Gasteiger partial charge < -0.3 is 4.57 Å². The second-order valence-corrected chi connectivity index (χ2v) is 12.7. The molecule has 5 aromatic rings. The number of thioether (sulfide) groups is 1. The second kappa shape index (κ2) is 13.6. The van der Waals surface area contributed by atoms with Crippen molar-refractivity contribution in [2.75, 3.05) is 5.75 Å². The molecule has 0 spiro atoms. The summed E-state index contributed by atoms with van der Waals surface area (Å²) in [7, 11) is 0. The van der Waals surface area contributed by atoms with Gasteiger partial charge in [-0.25, -0.2) is 4.21 Å². The zero-order valence-electron chi connectivity index (χ0n) is 24.1. The van der Waals surface area contributed by atoms with Crippen LogP contribution in [0.3, 0.4) is 0 Å². The third-order valence-corrected chi connectivity index (χ3v) is 9.04. The highest BCUT2D eigenvalue weighted by molar-refractivity contribution is 7.99. The van der Waals surface area contributed by atoms with Crippen LogP contribution in [0.1, 0.15) is 45.2 Å². The molecular weight excluding hydrogens is 645 g/mol. The van der Waals surface area contributed by atoms with Crippen LogP contribution in [-0.4, -0.2) is 37.3 Å². The lowest BCUT2D eigenvalue weighted by molar-refractivity contribution is -0.0471. The molecule has 0 aliphatic rings. The fourth-order valence-electron chi connectivity index (χ4n) is 5.00. The van der Waals surface area contributed by atoms with Gasteiger partial charge in [-0.3, -0.25) is 13.9 Å². The number of ketones is 2. The molecule has 1 aromatic heterocycles. The summed E-state index contributed by atoms with van der Waals surface area (Å²) in [6.45, 7) is 4.46. The van der Waals surface area contributed by atoms with Crippen LogP contribution < -0.4 is 0 Å². The monoisotopic (exact) mass is 670 g/mol. The van der Waals surface area contributed by atoms with E-state index in [9.17, 15) is 27.0 Å². The van der Waals surface area contributed by atoms with Gasteiger partial charge in [-0.2, -0.15) is 13.2 Å². The molecular formula is C33H26ClF3N2O4S2. The lowest BCUT2D eigenvalue weighted by Crippen LogP contribution is -2.20. The topological polar surface area (TPSA) is 77.7 Å². The molecule has 45 heavy (non-hydrogen) atoms. The molecule has 0 radical (unpaired) electrons. The lowest BCUT2D eigenvalue weighted by atomic mass is 9.97. The summed E-state index contributed by atoms with van der Waals surface area (Å²) in [5, 5.41) is 5.39. The van der Waals surface area contributed by atoms with Crippen molar-refractivity contribution in [3.05, 3.63) is 112 Å². The fraction of sp³-hybridized carbons (Fsp3) is 0.182. The minimum absolute atomic E-state index is 0.0645. The first-order chi connectivity index (χ1) is 21.5. The maximum absolute atomic E-state index is 13.7. The first-order valence-electron chi connectivity index (χ1n) is 13.8. The van der Waals surface area contributed by atoms with Gasteiger partial charge in [0.25, 0.3) is 0 Å². The number of aromatic nitrogens is 1. The lowest BCUT2D eigenvalue weighted by Gasteiger charge is -2.08. The second-order valence-electron chi connectivity index (χ2n) is 10.0. The van der Waals surface area contributed by atoms with Gasteiger partial charge in [0, 0.05) is 67.1 Å². The Morgan fingerprint density at radius 2 is 1.56 bits per heavy atom. The predicted octanol–water partition coefficient (Wildman–Crippen LogP) is 8.93. The number of oxime groups is 1. The first kappa shape index (κ1) is 32.5. The van der Waals surface area contributed by atoms with E-state index >= 15 is 0 Å². The van der Waals surface area contributed by atoms with E-state index in [0.29, 0.717) is 28.1 Å². The van der Waals surface area contributed by atoms with Gasteiger partial charge in [0.05, 0.1) is 0 Å². The Labute approximate surface area is 268 Å². The van der Waals surface area contributed by atoms with Crippen LogP contribution in [0.2, 0.25) is 5.02 Å². The summed E-state index contributed by atoms with van der Waals surface area (Å²) in [5.74, 6) is -0.532. The van der Waals surface area contributed by atoms with Crippen molar-refractivity contribution >= 4 is 73.5 Å². The number of aryl methyl sites for hydroxylation is 2. The van der Waals surface area contributed by atoms with Crippen molar-refractivity contribution in [3.63, 3.8) is 0 Å². The maximum Gasteiger partial charge on any atom is 0.510 e. The van der Waals surface area contributed by atoms with Crippen molar-refractivity contribution in [1.29, 1.82) is 0 Å². The highest BCUT2D eigenvalue weighted by Crippen LogP contribution is 2.32. The van der Waals surface area contributed by atoms with Gasteiger partial charge >= 0.3 is 16.6 Å². The normalized spacial score (nSPS) is 12.9. The van der Waals surface area contributed by atoms with E-state index in [1.807, 2.05) is 36.6 Å². The van der Waals surface area contributed by atoms with E-state index < -0.39 is 22.4 Å². The molecule has 12 heteroatoms. The Morgan fingerprint density at radius 3 is 2.18 bits per heavy atom. The molecule has 1 heterocycles. The van der Waals surface area contributed by atoms with E-state index in [2.05, 4.69) is 9.44 Å². The number of halogens is 4. The van der Waals surface area contributed by atoms with Crippen LogP contribution in [0.5, 0.6) is 0 Å². The van der Waals surface area contributed by atoms with Crippen LogP contribution in [0, 0.1) is 6.92 Å². The number of Topliss-reactive ketones (excluding diaryl/α,β-unsaturated/α-hetero) is 1. The van der Waals surface area contributed by atoms with Gasteiger partial charge in [0.1, 0.15) is 5.71 Å². The Morgan fingerprint density at radius 1 is 0.933 bits per heavy atom. The minimum Gasteiger partial charge on any atom is -0.341 e. The van der Waals surface area contributed by atoms with E-state index in [-0.39, 0.29) is 29.2 Å². The number of alkyl halides is 3. The van der Waals surface area contributed by atoms with Crippen LogP contribution >= 0.6 is 23.4 Å². The van der Waals surface area contributed by atoms with Crippen LogP contribution in [0.25, 0.3) is 21.8 Å². The van der Waals surface area contributed by atoms with Gasteiger partial charge in [-0.1, -0.05) is 41.0 Å². The summed E-state index contributed by atoms with van der Waals surface area (Å²) in [6, 6.07) is 24.6. The Hall–Kier alpha value is -3.93. The van der Waals surface area contributed by atoms with Crippen LogP contribution in [0.15, 0.2) is 95.0 Å². The smallest absolute Gasteiger partial charge is 0.341 e. The van der Waals surface area contributed by atoms with Crippen molar-refractivity contribution in [2.24, 2.45) is 5.16 Å². The minimum atomic E-state index is -5.16. The number of hydrogen-bond acceptors (Lipinski definition) is 6. The van der Waals surface area contributed by atoms with Gasteiger partial charge in [-0.15, -0.1) is 11.8 Å². The van der Waals surface area contributed by atoms with Gasteiger partial charge in [-0.05, 0) is 80.1 Å². The maximum atomic E-state index is 13.7. The molecule has 0 saturated carbocycles. The Kier molecular flexibility index (Phi) is 9.81. The number of benzene rings is 4. The average Bonchev–Trinajstić information content (AvgIpc) is 3.34. The summed E-state index contributed by atoms with van der Waals surface area (Å²) >= 11 is 3.54. The average molecular weight is 671 g/mol. The number of carbonyl (C=O) groups excluding carboxylic acids is 2. The fourth-order valence-corrected chi connectivity index (χ4v) is 6.22. The number of carbonyl (C=O) groups is 2. The number of nitrogens with zero attached hydrogens (tertiary/aromatic N) is 2.